The highest BCUT2D eigenvalue weighted by molar-refractivity contribution is 5.79. The molecule has 0 heterocycles. The van der Waals surface area contributed by atoms with Gasteiger partial charge in [-0.2, -0.15) is 0 Å². The average molecular weight is 305 g/mol. The monoisotopic (exact) mass is 305 g/mol. The van der Waals surface area contributed by atoms with Gasteiger partial charge in [0.1, 0.15) is 12.8 Å². The Labute approximate surface area is 133 Å². The maximum absolute atomic E-state index is 11.5. The van der Waals surface area contributed by atoms with E-state index in [1.54, 1.807) is 0 Å². The minimum atomic E-state index is -0.339. The lowest BCUT2D eigenvalue weighted by Crippen LogP contribution is -2.22. The number of hydroxylamine groups is 1. The number of benzene rings is 1. The van der Waals surface area contributed by atoms with Gasteiger partial charge in [0, 0.05) is 23.6 Å². The number of ether oxygens (including phenoxy) is 1. The maximum Gasteiger partial charge on any atom is 0.308 e. The second-order valence-corrected chi connectivity index (χ2v) is 7.71. The van der Waals surface area contributed by atoms with Gasteiger partial charge in [-0.15, -0.1) is 0 Å². The van der Waals surface area contributed by atoms with Crippen LogP contribution < -0.4 is 4.74 Å². The van der Waals surface area contributed by atoms with E-state index >= 15 is 0 Å². The van der Waals surface area contributed by atoms with Crippen LogP contribution in [0.2, 0.25) is 0 Å². The van der Waals surface area contributed by atoms with Crippen molar-refractivity contribution in [3.05, 3.63) is 34.0 Å². The number of carbonyl (C=O) groups excluding carboxylic acids is 1. The van der Waals surface area contributed by atoms with Gasteiger partial charge >= 0.3 is 5.97 Å². The predicted molar refractivity (Wildman–Crippen MR) is 89.9 cm³/mol. The molecule has 0 saturated carbocycles. The van der Waals surface area contributed by atoms with Crippen molar-refractivity contribution in [3.63, 3.8) is 0 Å². The van der Waals surface area contributed by atoms with Crippen LogP contribution in [0.25, 0.3) is 0 Å². The van der Waals surface area contributed by atoms with Gasteiger partial charge < -0.3 is 9.94 Å². The van der Waals surface area contributed by atoms with Crippen molar-refractivity contribution < 1.29 is 14.3 Å². The van der Waals surface area contributed by atoms with E-state index in [-0.39, 0.29) is 16.8 Å². The van der Waals surface area contributed by atoms with Crippen LogP contribution in [0.15, 0.2) is 12.1 Å². The van der Waals surface area contributed by atoms with Crippen LogP contribution in [-0.2, 0) is 15.6 Å². The number of esters is 1. The van der Waals surface area contributed by atoms with Gasteiger partial charge in [-0.25, -0.2) is 4.74 Å². The third kappa shape index (κ3) is 4.58. The largest absolute Gasteiger partial charge is 0.624 e. The van der Waals surface area contributed by atoms with Crippen molar-refractivity contribution >= 4 is 12.2 Å². The van der Waals surface area contributed by atoms with Gasteiger partial charge in [0.05, 0.1) is 0 Å². The molecular weight excluding hydrogens is 278 g/mol. The molecule has 0 aliphatic carbocycles. The Kier molecular flexibility index (Phi) is 5.06. The molecule has 22 heavy (non-hydrogen) atoms. The van der Waals surface area contributed by atoms with Crippen LogP contribution in [0.1, 0.15) is 65.2 Å². The molecule has 0 aliphatic heterocycles. The molecule has 0 radical (unpaired) electrons. The summed E-state index contributed by atoms with van der Waals surface area (Å²) in [5, 5.41) is 11.4. The molecule has 4 heteroatoms. The van der Waals surface area contributed by atoms with Gasteiger partial charge in [-0.05, 0) is 23.0 Å². The molecule has 0 spiro atoms. The Morgan fingerprint density at radius 1 is 1.09 bits per heavy atom. The van der Waals surface area contributed by atoms with Crippen LogP contribution in [0.4, 0.5) is 0 Å². The van der Waals surface area contributed by atoms with E-state index in [1.165, 1.54) is 20.2 Å². The van der Waals surface area contributed by atoms with Gasteiger partial charge in [0.25, 0.3) is 0 Å². The van der Waals surface area contributed by atoms with Gasteiger partial charge in [-0.3, -0.25) is 4.79 Å². The topological polar surface area (TPSA) is 52.4 Å². The van der Waals surface area contributed by atoms with Crippen molar-refractivity contribution in [2.24, 2.45) is 0 Å². The van der Waals surface area contributed by atoms with E-state index in [9.17, 15) is 10.0 Å². The van der Waals surface area contributed by atoms with E-state index in [0.29, 0.717) is 5.75 Å². The van der Waals surface area contributed by atoms with Crippen LogP contribution in [0.5, 0.6) is 5.75 Å². The molecule has 4 nitrogen and oxygen atoms in total. The molecule has 1 aromatic rings. The van der Waals surface area contributed by atoms with E-state index < -0.39 is 0 Å². The van der Waals surface area contributed by atoms with Crippen LogP contribution in [-0.4, -0.2) is 24.0 Å². The summed E-state index contributed by atoms with van der Waals surface area (Å²) in [6, 6.07) is 3.84. The summed E-state index contributed by atoms with van der Waals surface area (Å²) in [4.78, 5) is 11.5. The molecule has 1 aromatic carbocycles. The Balaban J connectivity index is 3.77. The number of hydrogen-bond acceptors (Lipinski definition) is 3. The summed E-state index contributed by atoms with van der Waals surface area (Å²) in [7, 11) is 1.45. The van der Waals surface area contributed by atoms with Crippen molar-refractivity contribution in [2.45, 2.75) is 59.3 Å². The molecule has 122 valence electrons. The lowest BCUT2D eigenvalue weighted by atomic mass is 9.78. The minimum Gasteiger partial charge on any atom is -0.624 e. The predicted octanol–water partition coefficient (Wildman–Crippen LogP) is 3.77. The number of nitrogens with zero attached hydrogens (tertiary/aromatic N) is 1. The van der Waals surface area contributed by atoms with Crippen LogP contribution >= 0.6 is 0 Å². The fourth-order valence-electron chi connectivity index (χ4n) is 2.30. The first-order valence-corrected chi connectivity index (χ1v) is 7.44. The number of rotatable bonds is 2. The van der Waals surface area contributed by atoms with Gasteiger partial charge in [0.15, 0.2) is 6.21 Å². The highest BCUT2D eigenvalue weighted by atomic mass is 16.5. The molecule has 0 saturated heterocycles. The SMILES string of the molecule is CC(=O)Oc1c(C(C)(C)C)cc(/C=[N+](/C)[O-])cc1C(C)(C)C. The zero-order valence-electron chi connectivity index (χ0n) is 14.9. The Morgan fingerprint density at radius 2 is 1.50 bits per heavy atom. The fourth-order valence-corrected chi connectivity index (χ4v) is 2.30. The summed E-state index contributed by atoms with van der Waals surface area (Å²) in [5.74, 6) is 0.270. The third-order valence-corrected chi connectivity index (χ3v) is 3.30. The molecular formula is C18H27NO3. The lowest BCUT2D eigenvalue weighted by Gasteiger charge is -2.29. The average Bonchev–Trinajstić information content (AvgIpc) is 2.26. The highest BCUT2D eigenvalue weighted by Crippen LogP contribution is 2.40. The first-order chi connectivity index (χ1) is 9.82. The molecule has 0 aromatic heterocycles. The van der Waals surface area contributed by atoms with Gasteiger partial charge in [-0.1, -0.05) is 41.5 Å². The van der Waals surface area contributed by atoms with Gasteiger partial charge in [0.2, 0.25) is 0 Å². The van der Waals surface area contributed by atoms with Crippen molar-refractivity contribution in [1.29, 1.82) is 0 Å². The maximum atomic E-state index is 11.5. The normalized spacial score (nSPS) is 13.2. The summed E-state index contributed by atoms with van der Waals surface area (Å²) in [6.07, 6.45) is 1.53. The van der Waals surface area contributed by atoms with E-state index in [0.717, 1.165) is 21.4 Å². The molecule has 1 rings (SSSR count). The molecule has 0 amide bonds. The van der Waals surface area contributed by atoms with E-state index in [1.807, 2.05) is 12.1 Å². The second-order valence-electron chi connectivity index (χ2n) is 7.71. The molecule has 0 N–H and O–H groups in total. The molecule has 0 atom stereocenters. The van der Waals surface area contributed by atoms with E-state index in [2.05, 4.69) is 41.5 Å². The summed E-state index contributed by atoms with van der Waals surface area (Å²) in [5.41, 5.74) is 2.22. The zero-order valence-corrected chi connectivity index (χ0v) is 14.9. The highest BCUT2D eigenvalue weighted by Gasteiger charge is 2.28. The quantitative estimate of drug-likeness (QED) is 0.209. The Hall–Kier alpha value is -1.84. The zero-order chi connectivity index (χ0) is 17.3. The van der Waals surface area contributed by atoms with Crippen molar-refractivity contribution in [3.8, 4) is 5.75 Å². The molecule has 0 aliphatic rings. The summed E-state index contributed by atoms with van der Waals surface area (Å²) in [6.45, 7) is 13.8. The van der Waals surface area contributed by atoms with Crippen LogP contribution in [0.3, 0.4) is 0 Å². The number of hydrogen-bond donors (Lipinski definition) is 0. The summed E-state index contributed by atoms with van der Waals surface area (Å²) >= 11 is 0. The second kappa shape index (κ2) is 6.11. The first kappa shape index (κ1) is 18.2. The molecule has 0 unspecified atom stereocenters. The Bertz CT molecular complexity index is 563. The minimum absolute atomic E-state index is 0.212. The lowest BCUT2D eigenvalue weighted by molar-refractivity contribution is -0.416. The van der Waals surface area contributed by atoms with Crippen molar-refractivity contribution in [2.75, 3.05) is 7.05 Å². The smallest absolute Gasteiger partial charge is 0.308 e. The standard InChI is InChI=1S/C18H27NO3/c1-12(20)22-16-14(17(2,3)4)9-13(11-19(8)21)10-15(16)18(5,6)7/h9-11H,1-8H3/b19-11-. The fraction of sp³-hybridized carbons (Fsp3) is 0.556. The number of carbonyl (C=O) groups is 1. The molecule has 0 fully saturated rings. The summed E-state index contributed by atoms with van der Waals surface area (Å²) < 4.78 is 6.32. The first-order valence-electron chi connectivity index (χ1n) is 7.44. The van der Waals surface area contributed by atoms with Crippen LogP contribution in [0, 0.1) is 5.21 Å². The van der Waals surface area contributed by atoms with Crippen molar-refractivity contribution in [1.82, 2.24) is 0 Å². The third-order valence-electron chi connectivity index (χ3n) is 3.30. The van der Waals surface area contributed by atoms with E-state index in [4.69, 9.17) is 4.74 Å². The Morgan fingerprint density at radius 3 is 1.77 bits per heavy atom. The molecule has 0 bridgehead atoms.